The Morgan fingerprint density at radius 2 is 2.17 bits per heavy atom. The van der Waals surface area contributed by atoms with Crippen molar-refractivity contribution in [2.45, 2.75) is 13.5 Å². The van der Waals surface area contributed by atoms with Crippen molar-refractivity contribution in [1.29, 1.82) is 0 Å². The molecule has 0 bridgehead atoms. The SMILES string of the molecule is COc1ncccc1-c1cc(CNc2ncc(Br)c(Nc3cc(C)[nH]n3)n2)on1. The molecule has 0 fully saturated rings. The predicted octanol–water partition coefficient (Wildman–Crippen LogP) is 3.68. The third-order valence-corrected chi connectivity index (χ3v) is 4.50. The first kappa shape index (κ1) is 18.9. The summed E-state index contributed by atoms with van der Waals surface area (Å²) in [7, 11) is 1.56. The second-order valence-electron chi connectivity index (χ2n) is 6.04. The summed E-state index contributed by atoms with van der Waals surface area (Å²) in [5, 5.41) is 17.4. The summed E-state index contributed by atoms with van der Waals surface area (Å²) >= 11 is 3.43. The Labute approximate surface area is 174 Å². The van der Waals surface area contributed by atoms with Crippen molar-refractivity contribution in [3.8, 4) is 17.1 Å². The molecule has 4 aromatic rings. The zero-order valence-corrected chi connectivity index (χ0v) is 17.2. The smallest absolute Gasteiger partial charge is 0.225 e. The largest absolute Gasteiger partial charge is 0.481 e. The summed E-state index contributed by atoms with van der Waals surface area (Å²) in [5.74, 6) is 2.79. The molecule has 4 rings (SSSR count). The average Bonchev–Trinajstić information content (AvgIpc) is 3.37. The van der Waals surface area contributed by atoms with Crippen LogP contribution in [0, 0.1) is 6.92 Å². The normalized spacial score (nSPS) is 10.7. The van der Waals surface area contributed by atoms with E-state index in [1.54, 1.807) is 19.5 Å². The van der Waals surface area contributed by atoms with Crippen LogP contribution in [-0.2, 0) is 6.54 Å². The van der Waals surface area contributed by atoms with Gasteiger partial charge in [-0.2, -0.15) is 10.1 Å². The number of nitrogens with zero attached hydrogens (tertiary/aromatic N) is 5. The monoisotopic (exact) mass is 456 g/mol. The van der Waals surface area contributed by atoms with Crippen molar-refractivity contribution in [3.63, 3.8) is 0 Å². The molecule has 0 aromatic carbocycles. The van der Waals surface area contributed by atoms with E-state index in [1.165, 1.54) is 0 Å². The summed E-state index contributed by atoms with van der Waals surface area (Å²) in [6, 6.07) is 7.38. The topological polar surface area (TPSA) is 127 Å². The number of hydrogen-bond donors (Lipinski definition) is 3. The number of aromatic amines is 1. The third-order valence-electron chi connectivity index (χ3n) is 3.92. The van der Waals surface area contributed by atoms with Crippen LogP contribution in [-0.4, -0.2) is 37.4 Å². The van der Waals surface area contributed by atoms with Gasteiger partial charge in [0.05, 0.1) is 23.7 Å². The lowest BCUT2D eigenvalue weighted by Crippen LogP contribution is -2.05. The van der Waals surface area contributed by atoms with E-state index in [1.807, 2.05) is 31.2 Å². The van der Waals surface area contributed by atoms with Gasteiger partial charge >= 0.3 is 0 Å². The third kappa shape index (κ3) is 4.35. The van der Waals surface area contributed by atoms with Gasteiger partial charge in [0.25, 0.3) is 0 Å². The molecule has 0 saturated carbocycles. The highest BCUT2D eigenvalue weighted by Crippen LogP contribution is 2.27. The minimum atomic E-state index is 0.359. The molecule has 0 radical (unpaired) electrons. The molecule has 0 unspecified atom stereocenters. The number of pyridine rings is 1. The summed E-state index contributed by atoms with van der Waals surface area (Å²) in [5.41, 5.74) is 2.34. The van der Waals surface area contributed by atoms with Gasteiger partial charge in [0.1, 0.15) is 5.69 Å². The number of aryl methyl sites for hydroxylation is 1. The second kappa shape index (κ2) is 8.27. The zero-order valence-electron chi connectivity index (χ0n) is 15.6. The van der Waals surface area contributed by atoms with Gasteiger partial charge in [-0.3, -0.25) is 5.10 Å². The molecule has 0 aliphatic carbocycles. The molecule has 10 nitrogen and oxygen atoms in total. The number of ether oxygens (including phenoxy) is 1. The number of hydrogen-bond acceptors (Lipinski definition) is 9. The minimum absolute atomic E-state index is 0.359. The van der Waals surface area contributed by atoms with Gasteiger partial charge in [-0.15, -0.1) is 0 Å². The van der Waals surface area contributed by atoms with Crippen LogP contribution >= 0.6 is 15.9 Å². The highest BCUT2D eigenvalue weighted by molar-refractivity contribution is 9.10. The fourth-order valence-corrected chi connectivity index (χ4v) is 2.87. The fraction of sp³-hybridized carbons (Fsp3) is 0.167. The lowest BCUT2D eigenvalue weighted by Gasteiger charge is -2.07. The summed E-state index contributed by atoms with van der Waals surface area (Å²) in [6.45, 7) is 2.28. The van der Waals surface area contributed by atoms with E-state index in [0.717, 1.165) is 11.3 Å². The number of methoxy groups -OCH3 is 1. The maximum atomic E-state index is 5.40. The molecule has 0 aliphatic rings. The van der Waals surface area contributed by atoms with Crippen LogP contribution in [0.3, 0.4) is 0 Å². The Morgan fingerprint density at radius 3 is 2.97 bits per heavy atom. The molecule has 148 valence electrons. The Bertz CT molecular complexity index is 1130. The molecule has 11 heteroatoms. The Kier molecular flexibility index (Phi) is 5.38. The Hall–Kier alpha value is -3.47. The molecular weight excluding hydrogens is 440 g/mol. The first-order valence-electron chi connectivity index (χ1n) is 8.63. The van der Waals surface area contributed by atoms with E-state index in [2.05, 4.69) is 56.9 Å². The van der Waals surface area contributed by atoms with Gasteiger partial charge in [-0.25, -0.2) is 9.97 Å². The number of anilines is 3. The van der Waals surface area contributed by atoms with E-state index in [9.17, 15) is 0 Å². The number of H-pyrrole nitrogens is 1. The van der Waals surface area contributed by atoms with Gasteiger partial charge in [0.2, 0.25) is 11.8 Å². The maximum Gasteiger partial charge on any atom is 0.225 e. The maximum absolute atomic E-state index is 5.40. The van der Waals surface area contributed by atoms with Crippen molar-refractivity contribution < 1.29 is 9.26 Å². The summed E-state index contributed by atoms with van der Waals surface area (Å²) in [6.07, 6.45) is 3.31. The van der Waals surface area contributed by atoms with E-state index < -0.39 is 0 Å². The zero-order chi connectivity index (χ0) is 20.2. The lowest BCUT2D eigenvalue weighted by atomic mass is 10.2. The molecule has 29 heavy (non-hydrogen) atoms. The van der Waals surface area contributed by atoms with Crippen molar-refractivity contribution in [3.05, 3.63) is 52.6 Å². The van der Waals surface area contributed by atoms with Crippen LogP contribution in [0.5, 0.6) is 5.88 Å². The number of nitrogens with one attached hydrogen (secondary N) is 3. The molecular formula is C18H17BrN8O2. The average molecular weight is 457 g/mol. The molecule has 0 saturated heterocycles. The van der Waals surface area contributed by atoms with Gasteiger partial charge in [0, 0.05) is 30.2 Å². The van der Waals surface area contributed by atoms with Crippen LogP contribution in [0.1, 0.15) is 11.5 Å². The van der Waals surface area contributed by atoms with E-state index >= 15 is 0 Å². The molecule has 0 spiro atoms. The lowest BCUT2D eigenvalue weighted by molar-refractivity contribution is 0.386. The Morgan fingerprint density at radius 1 is 1.28 bits per heavy atom. The molecule has 3 N–H and O–H groups in total. The van der Waals surface area contributed by atoms with Gasteiger partial charge in [-0.05, 0) is 35.0 Å². The second-order valence-corrected chi connectivity index (χ2v) is 6.90. The van der Waals surface area contributed by atoms with Crippen molar-refractivity contribution in [2.24, 2.45) is 0 Å². The van der Waals surface area contributed by atoms with E-state index in [-0.39, 0.29) is 0 Å². The molecule has 0 atom stereocenters. The van der Waals surface area contributed by atoms with Crippen molar-refractivity contribution in [1.82, 2.24) is 30.3 Å². The predicted molar refractivity (Wildman–Crippen MR) is 110 cm³/mol. The number of halogens is 1. The molecule has 4 aromatic heterocycles. The number of aromatic nitrogens is 6. The van der Waals surface area contributed by atoms with Gasteiger partial charge < -0.3 is 19.9 Å². The van der Waals surface area contributed by atoms with Crippen molar-refractivity contribution in [2.75, 3.05) is 17.7 Å². The first-order chi connectivity index (χ1) is 14.1. The van der Waals surface area contributed by atoms with Crippen LogP contribution in [0.2, 0.25) is 0 Å². The molecule has 0 aliphatic heterocycles. The van der Waals surface area contributed by atoms with E-state index in [4.69, 9.17) is 9.26 Å². The van der Waals surface area contributed by atoms with Crippen LogP contribution in [0.4, 0.5) is 17.6 Å². The van der Waals surface area contributed by atoms with Gasteiger partial charge in [-0.1, -0.05) is 5.16 Å². The van der Waals surface area contributed by atoms with Crippen LogP contribution in [0.15, 0.2) is 45.7 Å². The fourth-order valence-electron chi connectivity index (χ4n) is 2.58. The minimum Gasteiger partial charge on any atom is -0.481 e. The highest BCUT2D eigenvalue weighted by Gasteiger charge is 2.13. The van der Waals surface area contributed by atoms with E-state index in [0.29, 0.717) is 45.9 Å². The quantitative estimate of drug-likeness (QED) is 0.381. The Balaban J connectivity index is 1.46. The summed E-state index contributed by atoms with van der Waals surface area (Å²) < 4.78 is 11.4. The summed E-state index contributed by atoms with van der Waals surface area (Å²) in [4.78, 5) is 12.9. The highest BCUT2D eigenvalue weighted by atomic mass is 79.9. The molecule has 4 heterocycles. The van der Waals surface area contributed by atoms with Crippen molar-refractivity contribution >= 4 is 33.5 Å². The van der Waals surface area contributed by atoms with Gasteiger partial charge in [0.15, 0.2) is 17.4 Å². The molecule has 0 amide bonds. The van der Waals surface area contributed by atoms with Crippen LogP contribution < -0.4 is 15.4 Å². The van der Waals surface area contributed by atoms with Crippen LogP contribution in [0.25, 0.3) is 11.3 Å². The number of rotatable bonds is 7. The standard InChI is InChI=1S/C18H17BrN8O2/c1-10-6-15(26-25-10)23-16-13(19)9-22-18(24-16)21-8-11-7-14(27-29-11)12-4-3-5-20-17(12)28-2/h3-7,9H,8H2,1-2H3,(H3,21,22,23,24,25,26). The first-order valence-corrected chi connectivity index (χ1v) is 9.42.